The van der Waals surface area contributed by atoms with E-state index in [0.29, 0.717) is 23.7 Å². The van der Waals surface area contributed by atoms with Crippen molar-refractivity contribution in [1.29, 1.82) is 0 Å². The molecule has 24 heavy (non-hydrogen) atoms. The van der Waals surface area contributed by atoms with E-state index < -0.39 is 0 Å². The van der Waals surface area contributed by atoms with Crippen LogP contribution in [0.25, 0.3) is 0 Å². The van der Waals surface area contributed by atoms with E-state index in [2.05, 4.69) is 75.8 Å². The zero-order valence-electron chi connectivity index (χ0n) is 16.1. The summed E-state index contributed by atoms with van der Waals surface area (Å²) in [4.78, 5) is 9.15. The van der Waals surface area contributed by atoms with E-state index in [0.717, 1.165) is 6.42 Å². The molecule has 0 saturated heterocycles. The molecule has 2 rings (SSSR count). The Morgan fingerprint density at radius 2 is 1.42 bits per heavy atom. The molecule has 2 nitrogen and oxygen atoms in total. The van der Waals surface area contributed by atoms with Crippen LogP contribution in [0.15, 0.2) is 36.7 Å². The molecule has 2 aromatic heterocycles. The predicted octanol–water partition coefficient (Wildman–Crippen LogP) is 6.41. The summed E-state index contributed by atoms with van der Waals surface area (Å²) in [6, 6.07) is 8.87. The highest BCUT2D eigenvalue weighted by Gasteiger charge is 2.13. The van der Waals surface area contributed by atoms with Gasteiger partial charge in [0.15, 0.2) is 0 Å². The Kier molecular flexibility index (Phi) is 6.53. The lowest BCUT2D eigenvalue weighted by Gasteiger charge is -2.17. The number of aromatic nitrogens is 2. The van der Waals surface area contributed by atoms with Crippen LogP contribution in [0.5, 0.6) is 0 Å². The van der Waals surface area contributed by atoms with Crippen molar-refractivity contribution < 1.29 is 0 Å². The van der Waals surface area contributed by atoms with E-state index in [4.69, 9.17) is 0 Å². The van der Waals surface area contributed by atoms with Crippen LogP contribution in [0.2, 0.25) is 0 Å². The Balaban J connectivity index is 1.95. The molecule has 0 bridgehead atoms. The summed E-state index contributed by atoms with van der Waals surface area (Å²) in [6.07, 6.45) is 6.33. The molecule has 0 aliphatic carbocycles. The maximum Gasteiger partial charge on any atom is 0.0431 e. The van der Waals surface area contributed by atoms with Crippen molar-refractivity contribution in [2.45, 2.75) is 78.1 Å². The van der Waals surface area contributed by atoms with Crippen LogP contribution >= 0.6 is 0 Å². The van der Waals surface area contributed by atoms with Gasteiger partial charge in [0, 0.05) is 23.8 Å². The largest absolute Gasteiger partial charge is 0.261 e. The molecule has 130 valence electrons. The van der Waals surface area contributed by atoms with Crippen LogP contribution in [0.3, 0.4) is 0 Å². The van der Waals surface area contributed by atoms with E-state index in [1.807, 2.05) is 12.4 Å². The Morgan fingerprint density at radius 3 is 2.00 bits per heavy atom. The number of nitrogens with zero attached hydrogens (tertiary/aromatic N) is 2. The highest BCUT2D eigenvalue weighted by atomic mass is 14.7. The quantitative estimate of drug-likeness (QED) is 0.588. The van der Waals surface area contributed by atoms with Gasteiger partial charge in [0.05, 0.1) is 0 Å². The van der Waals surface area contributed by atoms with Gasteiger partial charge >= 0.3 is 0 Å². The molecule has 0 fully saturated rings. The summed E-state index contributed by atoms with van der Waals surface area (Å²) in [5.41, 5.74) is 5.13. The molecule has 2 heterocycles. The summed E-state index contributed by atoms with van der Waals surface area (Å²) < 4.78 is 0. The summed E-state index contributed by atoms with van der Waals surface area (Å²) in [5, 5.41) is 0. The van der Waals surface area contributed by atoms with Gasteiger partial charge in [0.1, 0.15) is 0 Å². The zero-order chi connectivity index (χ0) is 17.7. The van der Waals surface area contributed by atoms with Crippen LogP contribution in [0.1, 0.15) is 101 Å². The lowest BCUT2D eigenvalue weighted by Crippen LogP contribution is -2.03. The Morgan fingerprint density at radius 1 is 0.708 bits per heavy atom. The zero-order valence-corrected chi connectivity index (χ0v) is 16.1. The van der Waals surface area contributed by atoms with Crippen molar-refractivity contribution in [3.8, 4) is 0 Å². The number of hydrogen-bond acceptors (Lipinski definition) is 2. The fourth-order valence-electron chi connectivity index (χ4n) is 2.95. The Hall–Kier alpha value is -1.70. The van der Waals surface area contributed by atoms with Crippen molar-refractivity contribution in [3.63, 3.8) is 0 Å². The molecule has 0 saturated carbocycles. The van der Waals surface area contributed by atoms with Gasteiger partial charge in [-0.1, -0.05) is 47.6 Å². The maximum atomic E-state index is 4.68. The summed E-state index contributed by atoms with van der Waals surface area (Å²) in [6.45, 7) is 13.4. The SMILES string of the molecule is CC(C)c1ccc(C(C)CCC(C)c2ccnc(C(C)C)c2)nc1. The minimum absolute atomic E-state index is 0.486. The van der Waals surface area contributed by atoms with E-state index >= 15 is 0 Å². The maximum absolute atomic E-state index is 4.68. The normalized spacial score (nSPS) is 14.2. The first kappa shape index (κ1) is 18.6. The average Bonchev–Trinajstić information content (AvgIpc) is 2.59. The smallest absolute Gasteiger partial charge is 0.0431 e. The first-order valence-electron chi connectivity index (χ1n) is 9.30. The summed E-state index contributed by atoms with van der Waals surface area (Å²) >= 11 is 0. The lowest BCUT2D eigenvalue weighted by molar-refractivity contribution is 0.564. The second-order valence-electron chi connectivity index (χ2n) is 7.72. The van der Waals surface area contributed by atoms with Crippen LogP contribution in [-0.2, 0) is 0 Å². The number of hydrogen-bond donors (Lipinski definition) is 0. The topological polar surface area (TPSA) is 25.8 Å². The molecule has 0 spiro atoms. The molecule has 0 aliphatic heterocycles. The summed E-state index contributed by atoms with van der Waals surface area (Å²) in [5.74, 6) is 2.09. The monoisotopic (exact) mass is 324 g/mol. The third-order valence-electron chi connectivity index (χ3n) is 4.98. The molecule has 0 aromatic carbocycles. The molecule has 2 heteroatoms. The van der Waals surface area contributed by atoms with Crippen LogP contribution < -0.4 is 0 Å². The molecule has 0 N–H and O–H groups in total. The molecule has 2 unspecified atom stereocenters. The Bertz CT molecular complexity index is 629. The van der Waals surface area contributed by atoms with Gasteiger partial charge in [-0.25, -0.2) is 0 Å². The lowest BCUT2D eigenvalue weighted by atomic mass is 9.90. The standard InChI is InChI=1S/C22H32N2/c1-15(2)20-9-10-21(24-14-20)18(6)8-7-17(5)19-11-12-23-22(13-19)16(3)4/h9-18H,7-8H2,1-6H3. The first-order valence-corrected chi connectivity index (χ1v) is 9.30. The highest BCUT2D eigenvalue weighted by molar-refractivity contribution is 5.22. The van der Waals surface area contributed by atoms with Crippen molar-refractivity contribution in [2.24, 2.45) is 0 Å². The van der Waals surface area contributed by atoms with E-state index in [-0.39, 0.29) is 0 Å². The minimum Gasteiger partial charge on any atom is -0.261 e. The minimum atomic E-state index is 0.486. The van der Waals surface area contributed by atoms with Gasteiger partial charge in [-0.2, -0.15) is 0 Å². The molecular weight excluding hydrogens is 292 g/mol. The second-order valence-corrected chi connectivity index (χ2v) is 7.72. The molecular formula is C22H32N2. The van der Waals surface area contributed by atoms with Gasteiger partial charge in [-0.3, -0.25) is 9.97 Å². The van der Waals surface area contributed by atoms with Gasteiger partial charge in [-0.15, -0.1) is 0 Å². The van der Waals surface area contributed by atoms with E-state index in [9.17, 15) is 0 Å². The predicted molar refractivity (Wildman–Crippen MR) is 103 cm³/mol. The van der Waals surface area contributed by atoms with Crippen molar-refractivity contribution >= 4 is 0 Å². The highest BCUT2D eigenvalue weighted by Crippen LogP contribution is 2.28. The fourth-order valence-corrected chi connectivity index (χ4v) is 2.95. The number of pyridine rings is 2. The van der Waals surface area contributed by atoms with Crippen molar-refractivity contribution in [3.05, 3.63) is 59.2 Å². The molecule has 0 aliphatic rings. The molecule has 2 aromatic rings. The van der Waals surface area contributed by atoms with Gasteiger partial charge < -0.3 is 0 Å². The number of rotatable bonds is 7. The van der Waals surface area contributed by atoms with Crippen molar-refractivity contribution in [2.75, 3.05) is 0 Å². The second kappa shape index (κ2) is 8.41. The first-order chi connectivity index (χ1) is 11.4. The van der Waals surface area contributed by atoms with Gasteiger partial charge in [0.2, 0.25) is 0 Å². The van der Waals surface area contributed by atoms with E-state index in [1.165, 1.54) is 28.9 Å². The van der Waals surface area contributed by atoms with Gasteiger partial charge in [-0.05, 0) is 65.8 Å². The van der Waals surface area contributed by atoms with Gasteiger partial charge in [0.25, 0.3) is 0 Å². The van der Waals surface area contributed by atoms with Crippen molar-refractivity contribution in [1.82, 2.24) is 9.97 Å². The molecule has 2 atom stereocenters. The Labute approximate surface area is 147 Å². The summed E-state index contributed by atoms with van der Waals surface area (Å²) in [7, 11) is 0. The van der Waals surface area contributed by atoms with Crippen LogP contribution in [0, 0.1) is 0 Å². The molecule has 0 radical (unpaired) electrons. The fraction of sp³-hybridized carbons (Fsp3) is 0.545. The van der Waals surface area contributed by atoms with Crippen LogP contribution in [-0.4, -0.2) is 9.97 Å². The van der Waals surface area contributed by atoms with Crippen LogP contribution in [0.4, 0.5) is 0 Å². The van der Waals surface area contributed by atoms with E-state index in [1.54, 1.807) is 0 Å². The average molecular weight is 325 g/mol. The third kappa shape index (κ3) is 4.90. The molecule has 0 amide bonds. The third-order valence-corrected chi connectivity index (χ3v) is 4.98.